The summed E-state index contributed by atoms with van der Waals surface area (Å²) < 4.78 is 16.2. The Morgan fingerprint density at radius 1 is 1.41 bits per heavy atom. The zero-order valence-corrected chi connectivity index (χ0v) is 14.1. The summed E-state index contributed by atoms with van der Waals surface area (Å²) in [5.41, 5.74) is 0.658. The summed E-state index contributed by atoms with van der Waals surface area (Å²) in [6.07, 6.45) is 2.07. The molecule has 0 saturated heterocycles. The minimum Gasteiger partial charge on any atom is -0.356 e. The molecular weight excluding hydrogens is 351 g/mol. The molecule has 1 aromatic carbocycles. The summed E-state index contributed by atoms with van der Waals surface area (Å²) in [4.78, 5) is 8.25. The molecule has 22 heavy (non-hydrogen) atoms. The van der Waals surface area contributed by atoms with Gasteiger partial charge < -0.3 is 10.6 Å². The predicted octanol–water partition coefficient (Wildman–Crippen LogP) is 1.62. The zero-order chi connectivity index (χ0) is 15.9. The second kappa shape index (κ2) is 7.88. The van der Waals surface area contributed by atoms with E-state index in [1.165, 1.54) is 12.4 Å². The number of hydrogen-bond acceptors (Lipinski definition) is 3. The first-order chi connectivity index (χ1) is 10.6. The maximum Gasteiger partial charge on any atom is 0.191 e. The Morgan fingerprint density at radius 2 is 2.23 bits per heavy atom. The molecule has 0 atom stereocenters. The van der Waals surface area contributed by atoms with E-state index < -0.39 is 0 Å². The van der Waals surface area contributed by atoms with E-state index >= 15 is 0 Å². The van der Waals surface area contributed by atoms with E-state index in [-0.39, 0.29) is 5.82 Å². The Kier molecular flexibility index (Phi) is 5.88. The molecule has 0 spiro atoms. The molecule has 1 aromatic heterocycles. The zero-order valence-electron chi connectivity index (χ0n) is 12.5. The van der Waals surface area contributed by atoms with Crippen LogP contribution in [0.25, 0.3) is 0 Å². The van der Waals surface area contributed by atoms with Gasteiger partial charge in [0.15, 0.2) is 5.96 Å². The highest BCUT2D eigenvalue weighted by molar-refractivity contribution is 9.10. The molecule has 2 aromatic rings. The number of aliphatic imine (C=N–C) groups is 1. The largest absolute Gasteiger partial charge is 0.356 e. The lowest BCUT2D eigenvalue weighted by Gasteiger charge is -2.12. The van der Waals surface area contributed by atoms with Crippen LogP contribution in [0, 0.1) is 5.82 Å². The van der Waals surface area contributed by atoms with Gasteiger partial charge in [-0.05, 0) is 30.2 Å². The third kappa shape index (κ3) is 4.52. The average molecular weight is 369 g/mol. The van der Waals surface area contributed by atoms with Crippen molar-refractivity contribution in [1.82, 2.24) is 25.4 Å². The monoisotopic (exact) mass is 368 g/mol. The molecule has 118 valence electrons. The number of guanidine groups is 1. The van der Waals surface area contributed by atoms with Crippen molar-refractivity contribution in [3.63, 3.8) is 0 Å². The van der Waals surface area contributed by atoms with Crippen LogP contribution in [0.15, 0.2) is 34.0 Å². The Hall–Kier alpha value is -1.96. The van der Waals surface area contributed by atoms with Gasteiger partial charge in [-0.2, -0.15) is 5.10 Å². The normalized spacial score (nSPS) is 11.5. The molecule has 0 fully saturated rings. The standard InChI is InChI=1S/C14H18BrFN6/c1-17-14(19-8-13-20-9-21-22(13)2)18-6-5-10-7-11(15)3-4-12(10)16/h3-4,7,9H,5-6,8H2,1-2H3,(H2,17,18,19). The lowest BCUT2D eigenvalue weighted by molar-refractivity contribution is 0.606. The van der Waals surface area contributed by atoms with Crippen molar-refractivity contribution in [2.75, 3.05) is 13.6 Å². The molecule has 6 nitrogen and oxygen atoms in total. The minimum absolute atomic E-state index is 0.202. The van der Waals surface area contributed by atoms with Gasteiger partial charge in [0.2, 0.25) is 0 Å². The lowest BCUT2D eigenvalue weighted by atomic mass is 10.1. The molecule has 0 aliphatic carbocycles. The average Bonchev–Trinajstić information content (AvgIpc) is 2.91. The molecule has 0 aliphatic rings. The first kappa shape index (κ1) is 16.4. The fourth-order valence-corrected chi connectivity index (χ4v) is 2.32. The van der Waals surface area contributed by atoms with Crippen molar-refractivity contribution < 1.29 is 4.39 Å². The van der Waals surface area contributed by atoms with Gasteiger partial charge in [-0.1, -0.05) is 15.9 Å². The van der Waals surface area contributed by atoms with Crippen molar-refractivity contribution in [2.45, 2.75) is 13.0 Å². The van der Waals surface area contributed by atoms with E-state index in [0.717, 1.165) is 10.3 Å². The molecule has 0 aliphatic heterocycles. The Morgan fingerprint density at radius 3 is 2.91 bits per heavy atom. The highest BCUT2D eigenvalue weighted by Crippen LogP contribution is 2.15. The van der Waals surface area contributed by atoms with E-state index in [1.54, 1.807) is 23.9 Å². The van der Waals surface area contributed by atoms with E-state index in [9.17, 15) is 4.39 Å². The molecule has 0 unspecified atom stereocenters. The fourth-order valence-electron chi connectivity index (χ4n) is 1.91. The van der Waals surface area contributed by atoms with Gasteiger partial charge in [0, 0.05) is 25.1 Å². The number of rotatable bonds is 5. The van der Waals surface area contributed by atoms with Crippen LogP contribution >= 0.6 is 15.9 Å². The SMILES string of the molecule is CN=C(NCCc1cc(Br)ccc1F)NCc1ncnn1C. The third-order valence-corrected chi connectivity index (χ3v) is 3.63. The molecule has 0 amide bonds. The lowest BCUT2D eigenvalue weighted by Crippen LogP contribution is -2.38. The van der Waals surface area contributed by atoms with Crippen LogP contribution in [0.1, 0.15) is 11.4 Å². The number of hydrogen-bond donors (Lipinski definition) is 2. The van der Waals surface area contributed by atoms with E-state index in [2.05, 4.69) is 41.6 Å². The Bertz CT molecular complexity index is 655. The van der Waals surface area contributed by atoms with Crippen LogP contribution in [-0.2, 0) is 20.0 Å². The number of aromatic nitrogens is 3. The summed E-state index contributed by atoms with van der Waals surface area (Å²) in [6.45, 7) is 1.09. The van der Waals surface area contributed by atoms with Crippen LogP contribution in [0.3, 0.4) is 0 Å². The maximum atomic E-state index is 13.6. The molecular formula is C14H18BrFN6. The van der Waals surface area contributed by atoms with Crippen LogP contribution in [0.4, 0.5) is 4.39 Å². The molecule has 2 N–H and O–H groups in total. The first-order valence-corrected chi connectivity index (χ1v) is 7.60. The number of benzene rings is 1. The van der Waals surface area contributed by atoms with Gasteiger partial charge in [0.25, 0.3) is 0 Å². The summed E-state index contributed by atoms with van der Waals surface area (Å²) in [5, 5.41) is 10.3. The van der Waals surface area contributed by atoms with Gasteiger partial charge in [-0.25, -0.2) is 9.37 Å². The van der Waals surface area contributed by atoms with Crippen molar-refractivity contribution >= 4 is 21.9 Å². The van der Waals surface area contributed by atoms with Crippen molar-refractivity contribution in [2.24, 2.45) is 12.0 Å². The molecule has 0 bridgehead atoms. The molecule has 0 saturated carbocycles. The highest BCUT2D eigenvalue weighted by atomic mass is 79.9. The molecule has 1 heterocycles. The Labute approximate surface area is 137 Å². The molecule has 2 rings (SSSR count). The Balaban J connectivity index is 1.81. The van der Waals surface area contributed by atoms with Crippen LogP contribution in [0.5, 0.6) is 0 Å². The van der Waals surface area contributed by atoms with Crippen molar-refractivity contribution in [3.05, 3.63) is 46.2 Å². The summed E-state index contributed by atoms with van der Waals surface area (Å²) in [7, 11) is 3.52. The van der Waals surface area contributed by atoms with Gasteiger partial charge in [-0.3, -0.25) is 9.67 Å². The third-order valence-electron chi connectivity index (χ3n) is 3.14. The fraction of sp³-hybridized carbons (Fsp3) is 0.357. The van der Waals surface area contributed by atoms with Crippen molar-refractivity contribution in [1.29, 1.82) is 0 Å². The van der Waals surface area contributed by atoms with E-state index in [0.29, 0.717) is 31.0 Å². The predicted molar refractivity (Wildman–Crippen MR) is 87.0 cm³/mol. The van der Waals surface area contributed by atoms with Gasteiger partial charge in [-0.15, -0.1) is 0 Å². The smallest absolute Gasteiger partial charge is 0.191 e. The molecule has 8 heteroatoms. The van der Waals surface area contributed by atoms with Gasteiger partial charge in [0.05, 0.1) is 6.54 Å². The summed E-state index contributed by atoms with van der Waals surface area (Å²) in [6, 6.07) is 4.93. The quantitative estimate of drug-likeness (QED) is 0.621. The van der Waals surface area contributed by atoms with Crippen molar-refractivity contribution in [3.8, 4) is 0 Å². The topological polar surface area (TPSA) is 67.1 Å². The highest BCUT2D eigenvalue weighted by Gasteiger charge is 2.05. The maximum absolute atomic E-state index is 13.6. The van der Waals surface area contributed by atoms with E-state index in [1.807, 2.05) is 7.05 Å². The second-order valence-electron chi connectivity index (χ2n) is 4.64. The number of halogens is 2. The number of nitrogens with one attached hydrogen (secondary N) is 2. The number of nitrogens with zero attached hydrogens (tertiary/aromatic N) is 4. The summed E-state index contributed by atoms with van der Waals surface area (Å²) in [5.74, 6) is 1.24. The minimum atomic E-state index is -0.202. The van der Waals surface area contributed by atoms with Crippen LogP contribution < -0.4 is 10.6 Å². The van der Waals surface area contributed by atoms with E-state index in [4.69, 9.17) is 0 Å². The number of aryl methyl sites for hydroxylation is 1. The van der Waals surface area contributed by atoms with Crippen LogP contribution in [0.2, 0.25) is 0 Å². The van der Waals surface area contributed by atoms with Crippen LogP contribution in [-0.4, -0.2) is 34.3 Å². The summed E-state index contributed by atoms with van der Waals surface area (Å²) >= 11 is 3.35. The first-order valence-electron chi connectivity index (χ1n) is 6.81. The second-order valence-corrected chi connectivity index (χ2v) is 5.55. The van der Waals surface area contributed by atoms with Gasteiger partial charge in [0.1, 0.15) is 18.0 Å². The molecule has 0 radical (unpaired) electrons. The van der Waals surface area contributed by atoms with Gasteiger partial charge >= 0.3 is 0 Å².